The van der Waals surface area contributed by atoms with Gasteiger partial charge in [0.15, 0.2) is 5.96 Å². The highest BCUT2D eigenvalue weighted by Gasteiger charge is 2.24. The molecule has 0 saturated carbocycles. The SMILES string of the molecule is CC(C)C(=O)N1CCC(NC(=NCC(=O)N(C)C)NCCN2CCOCC2)CC1. The number of hydrogen-bond acceptors (Lipinski definition) is 5. The summed E-state index contributed by atoms with van der Waals surface area (Å²) >= 11 is 0. The van der Waals surface area contributed by atoms with Gasteiger partial charge in [0.25, 0.3) is 0 Å². The minimum absolute atomic E-state index is 0.0309. The van der Waals surface area contributed by atoms with Crippen molar-refractivity contribution in [1.29, 1.82) is 0 Å². The number of morpholine rings is 1. The largest absolute Gasteiger partial charge is 0.379 e. The van der Waals surface area contributed by atoms with Crippen molar-refractivity contribution in [2.24, 2.45) is 10.9 Å². The van der Waals surface area contributed by atoms with E-state index in [2.05, 4.69) is 20.5 Å². The van der Waals surface area contributed by atoms with Crippen LogP contribution in [0.15, 0.2) is 4.99 Å². The average Bonchev–Trinajstić information content (AvgIpc) is 2.72. The first kappa shape index (κ1) is 23.4. The smallest absolute Gasteiger partial charge is 0.243 e. The summed E-state index contributed by atoms with van der Waals surface area (Å²) in [6.45, 7) is 10.6. The zero-order valence-corrected chi connectivity index (χ0v) is 18.4. The summed E-state index contributed by atoms with van der Waals surface area (Å²) in [7, 11) is 3.47. The van der Waals surface area contributed by atoms with Crippen LogP contribution in [0, 0.1) is 5.92 Å². The Bertz CT molecular complexity index is 552. The van der Waals surface area contributed by atoms with Crippen LogP contribution in [-0.2, 0) is 14.3 Å². The van der Waals surface area contributed by atoms with Crippen molar-refractivity contribution in [3.05, 3.63) is 0 Å². The van der Waals surface area contributed by atoms with E-state index in [9.17, 15) is 9.59 Å². The fraction of sp³-hybridized carbons (Fsp3) is 0.850. The van der Waals surface area contributed by atoms with Gasteiger partial charge in [0.05, 0.1) is 13.2 Å². The number of carbonyl (C=O) groups is 2. The molecular formula is C20H38N6O3. The van der Waals surface area contributed by atoms with Crippen LogP contribution in [0.25, 0.3) is 0 Å². The lowest BCUT2D eigenvalue weighted by molar-refractivity contribution is -0.135. The van der Waals surface area contributed by atoms with Gasteiger partial charge in [0.2, 0.25) is 11.8 Å². The van der Waals surface area contributed by atoms with Crippen molar-refractivity contribution >= 4 is 17.8 Å². The van der Waals surface area contributed by atoms with E-state index < -0.39 is 0 Å². The molecule has 2 fully saturated rings. The molecule has 0 aliphatic carbocycles. The third-order valence-corrected chi connectivity index (χ3v) is 5.34. The van der Waals surface area contributed by atoms with E-state index in [1.807, 2.05) is 18.7 Å². The highest BCUT2D eigenvalue weighted by molar-refractivity contribution is 5.85. The quantitative estimate of drug-likeness (QED) is 0.438. The number of guanidine groups is 1. The summed E-state index contributed by atoms with van der Waals surface area (Å²) in [6, 6.07) is 0.246. The summed E-state index contributed by atoms with van der Waals surface area (Å²) in [5.74, 6) is 0.895. The van der Waals surface area contributed by atoms with Crippen molar-refractivity contribution in [3.8, 4) is 0 Å². The lowest BCUT2D eigenvalue weighted by Crippen LogP contribution is -2.51. The van der Waals surface area contributed by atoms with Crippen molar-refractivity contribution in [1.82, 2.24) is 25.3 Å². The van der Waals surface area contributed by atoms with Crippen molar-refractivity contribution in [2.45, 2.75) is 32.7 Å². The monoisotopic (exact) mass is 410 g/mol. The number of hydrogen-bond donors (Lipinski definition) is 2. The molecule has 2 saturated heterocycles. The van der Waals surface area contributed by atoms with Gasteiger partial charge in [-0.2, -0.15) is 0 Å². The molecule has 2 N–H and O–H groups in total. The second-order valence-corrected chi connectivity index (χ2v) is 8.23. The molecule has 0 spiro atoms. The van der Waals surface area contributed by atoms with Gasteiger partial charge in [-0.25, -0.2) is 4.99 Å². The molecular weight excluding hydrogens is 372 g/mol. The molecule has 166 valence electrons. The molecule has 2 heterocycles. The maximum Gasteiger partial charge on any atom is 0.243 e. The van der Waals surface area contributed by atoms with Crippen LogP contribution in [0.4, 0.5) is 0 Å². The van der Waals surface area contributed by atoms with Crippen LogP contribution < -0.4 is 10.6 Å². The molecule has 2 aliphatic heterocycles. The van der Waals surface area contributed by atoms with Gasteiger partial charge >= 0.3 is 0 Å². The molecule has 0 aromatic heterocycles. The first-order valence-electron chi connectivity index (χ1n) is 10.7. The fourth-order valence-electron chi connectivity index (χ4n) is 3.40. The third-order valence-electron chi connectivity index (χ3n) is 5.34. The number of likely N-dealkylation sites (N-methyl/N-ethyl adjacent to an activating group) is 1. The van der Waals surface area contributed by atoms with Crippen LogP contribution in [0.2, 0.25) is 0 Å². The molecule has 0 bridgehead atoms. The van der Waals surface area contributed by atoms with E-state index in [4.69, 9.17) is 4.74 Å². The molecule has 0 radical (unpaired) electrons. The summed E-state index contributed by atoms with van der Waals surface area (Å²) in [5.41, 5.74) is 0. The highest BCUT2D eigenvalue weighted by Crippen LogP contribution is 2.13. The average molecular weight is 411 g/mol. The van der Waals surface area contributed by atoms with Crippen molar-refractivity contribution < 1.29 is 14.3 Å². The number of nitrogens with one attached hydrogen (secondary N) is 2. The standard InChI is InChI=1S/C20H38N6O3/c1-16(2)19(28)26-8-5-17(6-9-26)23-20(22-15-18(27)24(3)4)21-7-10-25-11-13-29-14-12-25/h16-17H,5-15H2,1-4H3,(H2,21,22,23). The number of nitrogens with zero attached hydrogens (tertiary/aromatic N) is 4. The Labute approximate surface area is 174 Å². The van der Waals surface area contributed by atoms with Crippen molar-refractivity contribution in [2.75, 3.05) is 73.1 Å². The maximum atomic E-state index is 12.2. The molecule has 0 aromatic rings. The molecule has 0 atom stereocenters. The number of aliphatic imine (C=N–C) groups is 1. The van der Waals surface area contributed by atoms with Crippen LogP contribution in [-0.4, -0.2) is 112 Å². The van der Waals surface area contributed by atoms with Gasteiger partial charge < -0.3 is 25.2 Å². The summed E-state index contributed by atoms with van der Waals surface area (Å²) < 4.78 is 5.39. The first-order chi connectivity index (χ1) is 13.9. The van der Waals surface area contributed by atoms with Crippen LogP contribution >= 0.6 is 0 Å². The number of rotatable bonds is 7. The topological polar surface area (TPSA) is 89.5 Å². The summed E-state index contributed by atoms with van der Waals surface area (Å²) in [5, 5.41) is 6.83. The van der Waals surface area contributed by atoms with Gasteiger partial charge in [-0.05, 0) is 12.8 Å². The zero-order chi connectivity index (χ0) is 21.2. The Morgan fingerprint density at radius 2 is 1.79 bits per heavy atom. The second-order valence-electron chi connectivity index (χ2n) is 8.23. The van der Waals surface area contributed by atoms with Gasteiger partial charge in [0.1, 0.15) is 6.54 Å². The van der Waals surface area contributed by atoms with Gasteiger partial charge in [0, 0.05) is 65.3 Å². The van der Waals surface area contributed by atoms with Gasteiger partial charge in [-0.3, -0.25) is 14.5 Å². The number of amides is 2. The number of carbonyl (C=O) groups excluding carboxylic acids is 2. The second kappa shape index (κ2) is 12.0. The lowest BCUT2D eigenvalue weighted by Gasteiger charge is -2.34. The van der Waals surface area contributed by atoms with Crippen molar-refractivity contribution in [3.63, 3.8) is 0 Å². The Morgan fingerprint density at radius 3 is 2.38 bits per heavy atom. The first-order valence-corrected chi connectivity index (χ1v) is 10.7. The van der Waals surface area contributed by atoms with Gasteiger partial charge in [-0.15, -0.1) is 0 Å². The van der Waals surface area contributed by atoms with Crippen LogP contribution in [0.1, 0.15) is 26.7 Å². The van der Waals surface area contributed by atoms with E-state index in [1.165, 1.54) is 0 Å². The minimum Gasteiger partial charge on any atom is -0.379 e. The number of piperidine rings is 1. The van der Waals surface area contributed by atoms with Crippen LogP contribution in [0.3, 0.4) is 0 Å². The number of likely N-dealkylation sites (tertiary alicyclic amines) is 1. The summed E-state index contributed by atoms with van der Waals surface area (Å²) in [6.07, 6.45) is 1.76. The van der Waals surface area contributed by atoms with Gasteiger partial charge in [-0.1, -0.05) is 13.8 Å². The molecule has 9 heteroatoms. The molecule has 2 aliphatic rings. The Balaban J connectivity index is 1.84. The lowest BCUT2D eigenvalue weighted by atomic mass is 10.0. The van der Waals surface area contributed by atoms with E-state index in [-0.39, 0.29) is 30.3 Å². The summed E-state index contributed by atoms with van der Waals surface area (Å²) in [4.78, 5) is 34.4. The van der Waals surface area contributed by atoms with E-state index >= 15 is 0 Å². The fourth-order valence-corrected chi connectivity index (χ4v) is 3.40. The van der Waals surface area contributed by atoms with Crippen LogP contribution in [0.5, 0.6) is 0 Å². The zero-order valence-electron chi connectivity index (χ0n) is 18.4. The van der Waals surface area contributed by atoms with E-state index in [0.717, 1.165) is 65.3 Å². The predicted octanol–water partition coefficient (Wildman–Crippen LogP) is -0.411. The minimum atomic E-state index is -0.0309. The molecule has 0 aromatic carbocycles. The molecule has 2 amide bonds. The normalized spacial score (nSPS) is 19.3. The Hall–Kier alpha value is -1.87. The molecule has 0 unspecified atom stereocenters. The maximum absolute atomic E-state index is 12.2. The molecule has 2 rings (SSSR count). The van der Waals surface area contributed by atoms with E-state index in [1.54, 1.807) is 19.0 Å². The molecule has 9 nitrogen and oxygen atoms in total. The highest BCUT2D eigenvalue weighted by atomic mass is 16.5. The Morgan fingerprint density at radius 1 is 1.14 bits per heavy atom. The van der Waals surface area contributed by atoms with E-state index in [0.29, 0.717) is 5.96 Å². The Kier molecular flexibility index (Phi) is 9.66. The molecule has 29 heavy (non-hydrogen) atoms. The third kappa shape index (κ3) is 8.18. The predicted molar refractivity (Wildman–Crippen MR) is 114 cm³/mol. The number of ether oxygens (including phenoxy) is 1.